The van der Waals surface area contributed by atoms with Crippen LogP contribution in [-0.2, 0) is 21.0 Å². The van der Waals surface area contributed by atoms with Gasteiger partial charge in [0.05, 0.1) is 7.11 Å². The van der Waals surface area contributed by atoms with Crippen LogP contribution in [0.4, 0.5) is 4.79 Å². The number of ether oxygens (including phenoxy) is 2. The van der Waals surface area contributed by atoms with Gasteiger partial charge in [-0.05, 0) is 55.7 Å². The first-order chi connectivity index (χ1) is 16.5. The summed E-state index contributed by atoms with van der Waals surface area (Å²) in [5.74, 6) is 0.580. The van der Waals surface area contributed by atoms with Gasteiger partial charge >= 0.3 is 12.1 Å². The molecule has 0 saturated heterocycles. The lowest BCUT2D eigenvalue weighted by Gasteiger charge is -2.40. The molecule has 34 heavy (non-hydrogen) atoms. The van der Waals surface area contributed by atoms with Crippen LogP contribution in [-0.4, -0.2) is 42.4 Å². The molecule has 2 fully saturated rings. The van der Waals surface area contributed by atoms with Crippen molar-refractivity contribution in [2.45, 2.75) is 109 Å². The number of nitrogens with one attached hydrogen (secondary N) is 1. The Morgan fingerprint density at radius 2 is 1.50 bits per heavy atom. The average molecular weight is 475 g/mol. The Morgan fingerprint density at radius 1 is 0.941 bits per heavy atom. The molecule has 1 N–H and O–H groups in total. The van der Waals surface area contributed by atoms with Crippen molar-refractivity contribution >= 4 is 12.1 Å². The van der Waals surface area contributed by atoms with E-state index in [4.69, 9.17) is 14.3 Å². The van der Waals surface area contributed by atoms with E-state index >= 15 is 0 Å². The monoisotopic (exact) mass is 474 g/mol. The Kier molecular flexibility index (Phi) is 10.5. The Morgan fingerprint density at radius 3 is 2.00 bits per heavy atom. The van der Waals surface area contributed by atoms with Crippen LogP contribution in [0.5, 0.6) is 5.75 Å². The van der Waals surface area contributed by atoms with Crippen molar-refractivity contribution in [3.63, 3.8) is 0 Å². The van der Waals surface area contributed by atoms with Crippen LogP contribution in [0.25, 0.3) is 0 Å². The molecule has 1 amide bonds. The van der Waals surface area contributed by atoms with E-state index in [2.05, 4.69) is 5.32 Å². The molecule has 0 aliphatic heterocycles. The Balaban J connectivity index is 1.60. The predicted molar refractivity (Wildman–Crippen MR) is 131 cm³/mol. The fourth-order valence-corrected chi connectivity index (χ4v) is 5.03. The van der Waals surface area contributed by atoms with Gasteiger partial charge in [-0.15, -0.1) is 5.06 Å². The third-order valence-corrected chi connectivity index (χ3v) is 6.88. The Bertz CT molecular complexity index is 737. The third kappa shape index (κ3) is 8.19. The van der Waals surface area contributed by atoms with E-state index in [0.29, 0.717) is 6.42 Å². The number of benzene rings is 1. The van der Waals surface area contributed by atoms with Gasteiger partial charge < -0.3 is 19.6 Å². The zero-order chi connectivity index (χ0) is 24.3. The van der Waals surface area contributed by atoms with E-state index in [1.165, 1.54) is 38.5 Å². The van der Waals surface area contributed by atoms with Crippen LogP contribution in [0.3, 0.4) is 0 Å². The first-order valence-electron chi connectivity index (χ1n) is 13.0. The molecule has 1 aromatic rings. The molecule has 7 heteroatoms. The minimum atomic E-state index is -0.738. The quantitative estimate of drug-likeness (QED) is 0.434. The van der Waals surface area contributed by atoms with E-state index in [1.54, 1.807) is 7.11 Å². The molecule has 0 heterocycles. The van der Waals surface area contributed by atoms with Gasteiger partial charge in [-0.1, -0.05) is 64.5 Å². The first kappa shape index (κ1) is 26.3. The van der Waals surface area contributed by atoms with Gasteiger partial charge in [0.1, 0.15) is 18.4 Å². The lowest BCUT2D eigenvalue weighted by Crippen LogP contribution is -2.50. The van der Waals surface area contributed by atoms with Gasteiger partial charge in [-0.3, -0.25) is 0 Å². The molecule has 0 bridgehead atoms. The van der Waals surface area contributed by atoms with E-state index in [-0.39, 0.29) is 30.6 Å². The molecule has 3 rings (SSSR count). The van der Waals surface area contributed by atoms with E-state index < -0.39 is 12.1 Å². The number of hydrogen-bond acceptors (Lipinski definition) is 6. The van der Waals surface area contributed by atoms with Crippen LogP contribution in [0.1, 0.15) is 90.0 Å². The number of amides is 1. The number of rotatable bonds is 10. The minimum Gasteiger partial charge on any atom is -0.497 e. The lowest BCUT2D eigenvalue weighted by molar-refractivity contribution is -0.225. The molecule has 0 radical (unpaired) electrons. The van der Waals surface area contributed by atoms with Crippen LogP contribution in [0.2, 0.25) is 0 Å². The van der Waals surface area contributed by atoms with Gasteiger partial charge in [-0.2, -0.15) is 0 Å². The van der Waals surface area contributed by atoms with Crippen LogP contribution < -0.4 is 10.1 Å². The highest BCUT2D eigenvalue weighted by atomic mass is 16.7. The summed E-state index contributed by atoms with van der Waals surface area (Å²) >= 11 is 0. The second-order valence-corrected chi connectivity index (χ2v) is 10.1. The predicted octanol–water partition coefficient (Wildman–Crippen LogP) is 5.76. The highest BCUT2D eigenvalue weighted by molar-refractivity contribution is 5.81. The third-order valence-electron chi connectivity index (χ3n) is 6.88. The largest absolute Gasteiger partial charge is 0.497 e. The van der Waals surface area contributed by atoms with Crippen molar-refractivity contribution in [1.29, 1.82) is 0 Å². The molecule has 0 unspecified atom stereocenters. The fourth-order valence-electron chi connectivity index (χ4n) is 5.03. The molecular weight excluding hydrogens is 432 g/mol. The number of nitrogens with zero attached hydrogens (tertiary/aromatic N) is 1. The summed E-state index contributed by atoms with van der Waals surface area (Å²) in [5, 5.41) is 4.78. The zero-order valence-electron chi connectivity index (χ0n) is 21.1. The molecule has 190 valence electrons. The zero-order valence-corrected chi connectivity index (χ0v) is 21.1. The topological polar surface area (TPSA) is 77.1 Å². The standard InChI is InChI=1S/C27H42N2O5/c1-20(2)18-25(28-27(31)33-19-21-14-16-24(32-3)17-15-21)26(30)34-29(22-10-6-4-7-11-22)23-12-8-5-9-13-23/h14-17,20,22-23,25H,4-13,18-19H2,1-3H3,(H,28,31)/t25-/m0/s1. The van der Waals surface area contributed by atoms with Crippen LogP contribution >= 0.6 is 0 Å². The summed E-state index contributed by atoms with van der Waals surface area (Å²) in [5.41, 5.74) is 0.847. The van der Waals surface area contributed by atoms with Crippen LogP contribution in [0.15, 0.2) is 24.3 Å². The molecular formula is C27H42N2O5. The number of hydrogen-bond donors (Lipinski definition) is 1. The van der Waals surface area contributed by atoms with Gasteiger partial charge in [-0.25, -0.2) is 9.59 Å². The summed E-state index contributed by atoms with van der Waals surface area (Å²) in [4.78, 5) is 31.9. The smallest absolute Gasteiger partial charge is 0.408 e. The van der Waals surface area contributed by atoms with E-state index in [0.717, 1.165) is 37.0 Å². The Hall–Kier alpha value is -2.28. The van der Waals surface area contributed by atoms with E-state index in [9.17, 15) is 9.59 Å². The minimum absolute atomic E-state index is 0.121. The molecule has 7 nitrogen and oxygen atoms in total. The Labute approximate surface area is 204 Å². The SMILES string of the molecule is COc1ccc(COC(=O)N[C@@H](CC(C)C)C(=O)ON(C2CCCCC2)C2CCCCC2)cc1. The van der Waals surface area contributed by atoms with Gasteiger partial charge in [0.15, 0.2) is 0 Å². The van der Waals surface area contributed by atoms with Crippen molar-refractivity contribution in [3.8, 4) is 5.75 Å². The summed E-state index contributed by atoms with van der Waals surface area (Å²) in [7, 11) is 1.61. The fraction of sp³-hybridized carbons (Fsp3) is 0.704. The molecule has 0 spiro atoms. The van der Waals surface area contributed by atoms with Gasteiger partial charge in [0.2, 0.25) is 0 Å². The summed E-state index contributed by atoms with van der Waals surface area (Å²) in [6.45, 7) is 4.19. The van der Waals surface area contributed by atoms with Crippen molar-refractivity contribution < 1.29 is 23.9 Å². The molecule has 0 aromatic heterocycles. The highest BCUT2D eigenvalue weighted by Gasteiger charge is 2.34. The second-order valence-electron chi connectivity index (χ2n) is 10.1. The maximum atomic E-state index is 13.3. The summed E-state index contributed by atoms with van der Waals surface area (Å²) in [6.07, 6.45) is 11.4. The van der Waals surface area contributed by atoms with Crippen molar-refractivity contribution in [1.82, 2.24) is 10.4 Å². The number of carbonyl (C=O) groups excluding carboxylic acids is 2. The number of alkyl carbamates (subject to hydrolysis) is 1. The molecule has 1 aromatic carbocycles. The van der Waals surface area contributed by atoms with E-state index in [1.807, 2.05) is 43.2 Å². The second kappa shape index (κ2) is 13.6. The lowest BCUT2D eigenvalue weighted by atomic mass is 9.90. The normalized spacial score (nSPS) is 18.5. The summed E-state index contributed by atoms with van der Waals surface area (Å²) in [6, 6.07) is 7.15. The van der Waals surface area contributed by atoms with Crippen molar-refractivity contribution in [3.05, 3.63) is 29.8 Å². The van der Waals surface area contributed by atoms with Crippen molar-refractivity contribution in [2.24, 2.45) is 5.92 Å². The molecule has 2 aliphatic carbocycles. The molecule has 2 saturated carbocycles. The number of carbonyl (C=O) groups is 2. The molecule has 1 atom stereocenters. The number of methoxy groups -OCH3 is 1. The van der Waals surface area contributed by atoms with Gasteiger partial charge in [0.25, 0.3) is 0 Å². The van der Waals surface area contributed by atoms with Crippen molar-refractivity contribution in [2.75, 3.05) is 7.11 Å². The first-order valence-corrected chi connectivity index (χ1v) is 13.0. The summed E-state index contributed by atoms with van der Waals surface area (Å²) < 4.78 is 10.5. The van der Waals surface area contributed by atoms with Crippen LogP contribution in [0, 0.1) is 5.92 Å². The molecule has 2 aliphatic rings. The number of hydroxylamine groups is 2. The average Bonchev–Trinajstić information content (AvgIpc) is 2.86. The maximum Gasteiger partial charge on any atom is 0.408 e. The van der Waals surface area contributed by atoms with Gasteiger partial charge in [0, 0.05) is 12.1 Å². The maximum absolute atomic E-state index is 13.3. The highest BCUT2D eigenvalue weighted by Crippen LogP contribution is 2.30.